The summed E-state index contributed by atoms with van der Waals surface area (Å²) in [6.07, 6.45) is 5.21. The Morgan fingerprint density at radius 2 is 1.52 bits per heavy atom. The number of nitrogens with one attached hydrogen (secondary N) is 1. The molecule has 1 atom stereocenters. The van der Waals surface area contributed by atoms with Crippen molar-refractivity contribution in [2.24, 2.45) is 0 Å². The van der Waals surface area contributed by atoms with Crippen molar-refractivity contribution in [3.8, 4) is 5.75 Å². The second-order valence-electron chi connectivity index (χ2n) is 12.2. The number of aryl methyl sites for hydroxylation is 1. The summed E-state index contributed by atoms with van der Waals surface area (Å²) in [7, 11) is -2.79. The maximum absolute atomic E-state index is 14.8. The first kappa shape index (κ1) is 35.0. The second kappa shape index (κ2) is 16.2. The average Bonchev–Trinajstić information content (AvgIpc) is 3.10. The summed E-state index contributed by atoms with van der Waals surface area (Å²) in [5.41, 5.74) is 2.65. The molecule has 1 unspecified atom stereocenters. The monoisotopic (exact) mass is 687 g/mol. The number of anilines is 1. The minimum absolute atomic E-state index is 0.0171. The lowest BCUT2D eigenvalue weighted by molar-refractivity contribution is -0.140. The molecular weight excluding hydrogens is 646 g/mol. The van der Waals surface area contributed by atoms with Crippen molar-refractivity contribution in [1.82, 2.24) is 10.2 Å². The molecule has 48 heavy (non-hydrogen) atoms. The Morgan fingerprint density at radius 1 is 0.875 bits per heavy atom. The number of benzene rings is 4. The van der Waals surface area contributed by atoms with E-state index in [1.165, 1.54) is 24.1 Å². The van der Waals surface area contributed by atoms with Gasteiger partial charge in [0, 0.05) is 24.0 Å². The molecule has 1 fully saturated rings. The van der Waals surface area contributed by atoms with Gasteiger partial charge in [0.15, 0.2) is 0 Å². The molecule has 4 aromatic carbocycles. The standard InChI is InChI=1S/C38H42ClN3O5S/c1-28-18-23-36(47-2)34(24-28)42(48(45,46)33-16-10-5-11-17-33)27-37(43)41(26-30-19-21-31(39)22-20-30)35(25-29-12-6-3-7-13-29)38(44)40-32-14-8-4-9-15-32/h3,5-7,10-13,16-24,32,35H,4,8-9,14-15,25-27H2,1-2H3,(H,40,44). The molecule has 0 aliphatic heterocycles. The normalized spacial score (nSPS) is 14.1. The third-order valence-corrected chi connectivity index (χ3v) is 10.7. The fourth-order valence-electron chi connectivity index (χ4n) is 6.11. The van der Waals surface area contributed by atoms with Crippen LogP contribution in [0.1, 0.15) is 48.8 Å². The molecule has 8 nitrogen and oxygen atoms in total. The van der Waals surface area contributed by atoms with Crippen molar-refractivity contribution in [2.75, 3.05) is 18.0 Å². The van der Waals surface area contributed by atoms with Gasteiger partial charge < -0.3 is 15.0 Å². The molecule has 0 radical (unpaired) electrons. The van der Waals surface area contributed by atoms with Gasteiger partial charge in [-0.3, -0.25) is 13.9 Å². The number of carbonyl (C=O) groups excluding carboxylic acids is 2. The number of carbonyl (C=O) groups is 2. The van der Waals surface area contributed by atoms with Gasteiger partial charge in [0.05, 0.1) is 17.7 Å². The van der Waals surface area contributed by atoms with Gasteiger partial charge in [-0.05, 0) is 72.9 Å². The van der Waals surface area contributed by atoms with Crippen LogP contribution >= 0.6 is 11.6 Å². The summed E-state index contributed by atoms with van der Waals surface area (Å²) in [5, 5.41) is 3.77. The van der Waals surface area contributed by atoms with E-state index in [4.69, 9.17) is 16.3 Å². The van der Waals surface area contributed by atoms with Gasteiger partial charge in [-0.2, -0.15) is 0 Å². The number of rotatable bonds is 13. The number of methoxy groups -OCH3 is 1. The molecule has 1 aliphatic rings. The van der Waals surface area contributed by atoms with Gasteiger partial charge in [-0.25, -0.2) is 8.42 Å². The number of halogens is 1. The van der Waals surface area contributed by atoms with Crippen molar-refractivity contribution < 1.29 is 22.7 Å². The maximum atomic E-state index is 14.8. The van der Waals surface area contributed by atoms with Gasteiger partial charge in [0.25, 0.3) is 10.0 Å². The van der Waals surface area contributed by atoms with Crippen LogP contribution in [0.5, 0.6) is 5.75 Å². The second-order valence-corrected chi connectivity index (χ2v) is 14.5. The highest BCUT2D eigenvalue weighted by Gasteiger charge is 2.36. The third kappa shape index (κ3) is 8.76. The molecule has 1 aliphatic carbocycles. The number of nitrogens with zero attached hydrogens (tertiary/aromatic N) is 2. The molecule has 2 amide bonds. The Hall–Kier alpha value is -4.34. The summed E-state index contributed by atoms with van der Waals surface area (Å²) in [5.74, 6) is -0.501. The van der Waals surface area contributed by atoms with E-state index >= 15 is 0 Å². The lowest BCUT2D eigenvalue weighted by Gasteiger charge is -2.35. The molecular formula is C38H42ClN3O5S. The largest absolute Gasteiger partial charge is 0.495 e. The lowest BCUT2D eigenvalue weighted by atomic mass is 9.94. The van der Waals surface area contributed by atoms with Crippen LogP contribution in [-0.2, 0) is 32.6 Å². The van der Waals surface area contributed by atoms with E-state index < -0.39 is 28.5 Å². The zero-order valence-electron chi connectivity index (χ0n) is 27.3. The molecule has 0 bridgehead atoms. The molecule has 1 N–H and O–H groups in total. The number of hydrogen-bond donors (Lipinski definition) is 1. The number of sulfonamides is 1. The fraction of sp³-hybridized carbons (Fsp3) is 0.316. The minimum atomic E-state index is -4.25. The molecule has 0 heterocycles. The quantitative estimate of drug-likeness (QED) is 0.164. The Morgan fingerprint density at radius 3 is 2.17 bits per heavy atom. The SMILES string of the molecule is COc1ccc(C)cc1N(CC(=O)N(Cc1ccc(Cl)cc1)C(Cc1ccccc1)C(=O)NC1CCCCC1)S(=O)(=O)c1ccccc1. The van der Waals surface area contributed by atoms with E-state index in [9.17, 15) is 18.0 Å². The van der Waals surface area contributed by atoms with Crippen molar-refractivity contribution in [3.63, 3.8) is 0 Å². The van der Waals surface area contributed by atoms with Crippen LogP contribution in [0.25, 0.3) is 0 Å². The molecule has 0 spiro atoms. The summed E-state index contributed by atoms with van der Waals surface area (Å²) < 4.78 is 35.3. The number of ether oxygens (including phenoxy) is 1. The summed E-state index contributed by atoms with van der Waals surface area (Å²) >= 11 is 6.20. The number of hydrogen-bond acceptors (Lipinski definition) is 5. The third-order valence-electron chi connectivity index (χ3n) is 8.70. The topological polar surface area (TPSA) is 96.0 Å². The van der Waals surface area contributed by atoms with E-state index in [-0.39, 0.29) is 35.5 Å². The average molecular weight is 688 g/mol. The molecule has 1 saturated carbocycles. The Labute approximate surface area is 288 Å². The first-order valence-corrected chi connectivity index (χ1v) is 18.1. The summed E-state index contributed by atoms with van der Waals surface area (Å²) in [6.45, 7) is 1.35. The first-order valence-electron chi connectivity index (χ1n) is 16.3. The minimum Gasteiger partial charge on any atom is -0.495 e. The molecule has 252 valence electrons. The zero-order valence-corrected chi connectivity index (χ0v) is 28.9. The van der Waals surface area contributed by atoms with E-state index in [0.29, 0.717) is 10.8 Å². The molecule has 0 saturated heterocycles. The van der Waals surface area contributed by atoms with Crippen LogP contribution in [0.15, 0.2) is 108 Å². The Kier molecular flexibility index (Phi) is 11.8. The van der Waals surface area contributed by atoms with E-state index in [2.05, 4.69) is 5.32 Å². The van der Waals surface area contributed by atoms with Crippen molar-refractivity contribution in [3.05, 3.63) is 125 Å². The fourth-order valence-corrected chi connectivity index (χ4v) is 7.68. The van der Waals surface area contributed by atoms with Crippen molar-refractivity contribution >= 4 is 39.1 Å². The van der Waals surface area contributed by atoms with E-state index in [1.54, 1.807) is 42.5 Å². The highest BCUT2D eigenvalue weighted by molar-refractivity contribution is 7.92. The highest BCUT2D eigenvalue weighted by Crippen LogP contribution is 2.34. The van der Waals surface area contributed by atoms with Gasteiger partial charge >= 0.3 is 0 Å². The molecule has 5 rings (SSSR count). The Balaban J connectivity index is 1.59. The van der Waals surface area contributed by atoms with Crippen LogP contribution in [0.2, 0.25) is 5.02 Å². The van der Waals surface area contributed by atoms with Gasteiger partial charge in [-0.1, -0.05) is 97.6 Å². The van der Waals surface area contributed by atoms with Gasteiger partial charge in [0.1, 0.15) is 18.3 Å². The highest BCUT2D eigenvalue weighted by atomic mass is 35.5. The maximum Gasteiger partial charge on any atom is 0.264 e. The summed E-state index contributed by atoms with van der Waals surface area (Å²) in [6, 6.07) is 28.9. The van der Waals surface area contributed by atoms with Crippen LogP contribution in [0.3, 0.4) is 0 Å². The smallest absolute Gasteiger partial charge is 0.264 e. The van der Waals surface area contributed by atoms with E-state index in [1.807, 2.05) is 55.5 Å². The van der Waals surface area contributed by atoms with Gasteiger partial charge in [-0.15, -0.1) is 0 Å². The molecule has 10 heteroatoms. The predicted molar refractivity (Wildman–Crippen MR) is 190 cm³/mol. The van der Waals surface area contributed by atoms with Crippen LogP contribution in [0.4, 0.5) is 5.69 Å². The van der Waals surface area contributed by atoms with E-state index in [0.717, 1.165) is 53.1 Å². The number of amides is 2. The van der Waals surface area contributed by atoms with Crippen molar-refractivity contribution in [1.29, 1.82) is 0 Å². The predicted octanol–water partition coefficient (Wildman–Crippen LogP) is 6.94. The lowest BCUT2D eigenvalue weighted by Crippen LogP contribution is -2.55. The van der Waals surface area contributed by atoms with Crippen LogP contribution in [-0.4, -0.2) is 50.9 Å². The molecule has 4 aromatic rings. The van der Waals surface area contributed by atoms with Crippen LogP contribution < -0.4 is 14.4 Å². The first-order chi connectivity index (χ1) is 23.2. The Bertz CT molecular complexity index is 1780. The van der Waals surface area contributed by atoms with Crippen molar-refractivity contribution in [2.45, 2.75) is 69.0 Å². The molecule has 0 aromatic heterocycles. The van der Waals surface area contributed by atoms with Gasteiger partial charge in [0.2, 0.25) is 11.8 Å². The summed E-state index contributed by atoms with van der Waals surface area (Å²) in [4.78, 5) is 30.5. The van der Waals surface area contributed by atoms with Crippen LogP contribution in [0, 0.1) is 6.92 Å². The zero-order chi connectivity index (χ0) is 34.1.